The number of rotatable bonds is 4. The van der Waals surface area contributed by atoms with Crippen molar-refractivity contribution >= 4 is 7.26 Å². The third kappa shape index (κ3) is 2.32. The largest absolute Gasteiger partial charge is 0.0705 e. The second-order valence-corrected chi connectivity index (χ2v) is 12.3. The molecule has 0 aromatic heterocycles. The maximum Gasteiger partial charge on any atom is 0.0705 e. The highest BCUT2D eigenvalue weighted by molar-refractivity contribution is 7.78. The molecule has 100 valence electrons. The van der Waals surface area contributed by atoms with Gasteiger partial charge in [-0.1, -0.05) is 0 Å². The minimum Gasteiger partial charge on any atom is -0.0494 e. The summed E-state index contributed by atoms with van der Waals surface area (Å²) in [6, 6.07) is 0. The van der Waals surface area contributed by atoms with E-state index in [1.807, 2.05) is 0 Å². The van der Waals surface area contributed by atoms with Crippen LogP contribution in [0.2, 0.25) is 0 Å². The molecule has 0 unspecified atom stereocenters. The molecule has 17 heavy (non-hydrogen) atoms. The van der Waals surface area contributed by atoms with Gasteiger partial charge in [0.05, 0.1) is 22.6 Å². The summed E-state index contributed by atoms with van der Waals surface area (Å²) >= 11 is 0. The molecule has 0 aromatic carbocycles. The fourth-order valence-electron chi connectivity index (χ4n) is 5.28. The Morgan fingerprint density at radius 1 is 0.647 bits per heavy atom. The summed E-state index contributed by atoms with van der Waals surface area (Å²) in [4.78, 5) is 0. The normalized spacial score (nSPS) is 24.4. The van der Waals surface area contributed by atoms with Gasteiger partial charge >= 0.3 is 0 Å². The molecule has 0 radical (unpaired) electrons. The van der Waals surface area contributed by atoms with Gasteiger partial charge in [0.1, 0.15) is 0 Å². The van der Waals surface area contributed by atoms with Crippen molar-refractivity contribution < 1.29 is 0 Å². The van der Waals surface area contributed by atoms with Gasteiger partial charge in [-0.2, -0.15) is 0 Å². The number of hydrogen-bond acceptors (Lipinski definition) is 0. The van der Waals surface area contributed by atoms with Crippen LogP contribution in [0.3, 0.4) is 0 Å². The van der Waals surface area contributed by atoms with Crippen molar-refractivity contribution in [2.45, 2.75) is 102 Å². The second kappa shape index (κ2) is 5.60. The lowest BCUT2D eigenvalue weighted by atomic mass is 10.3. The fraction of sp³-hybridized carbons (Fsp3) is 1.00. The van der Waals surface area contributed by atoms with Crippen LogP contribution in [0.1, 0.15) is 79.1 Å². The highest BCUT2D eigenvalue weighted by atomic mass is 31.2. The van der Waals surface area contributed by atoms with Crippen molar-refractivity contribution in [1.29, 1.82) is 0 Å². The molecule has 2 fully saturated rings. The Morgan fingerprint density at radius 3 is 1.18 bits per heavy atom. The van der Waals surface area contributed by atoms with Crippen LogP contribution in [0.4, 0.5) is 0 Å². The minimum absolute atomic E-state index is 0.735. The molecule has 0 nitrogen and oxygen atoms in total. The van der Waals surface area contributed by atoms with Gasteiger partial charge < -0.3 is 0 Å². The molecule has 0 bridgehead atoms. The Hall–Kier alpha value is 0.430. The molecule has 0 atom stereocenters. The average Bonchev–Trinajstić information content (AvgIpc) is 2.88. The van der Waals surface area contributed by atoms with E-state index < -0.39 is 7.26 Å². The van der Waals surface area contributed by atoms with Crippen molar-refractivity contribution in [3.05, 3.63) is 0 Å². The topological polar surface area (TPSA) is 0 Å². The second-order valence-electron chi connectivity index (χ2n) is 6.96. The molecule has 0 N–H and O–H groups in total. The van der Waals surface area contributed by atoms with Crippen molar-refractivity contribution in [2.75, 3.05) is 0 Å². The van der Waals surface area contributed by atoms with E-state index in [9.17, 15) is 0 Å². The lowest BCUT2D eigenvalue weighted by molar-refractivity contribution is 0.756. The third-order valence-corrected chi connectivity index (χ3v) is 12.8. The molecular weight excluding hydrogens is 223 g/mol. The molecule has 2 rings (SSSR count). The molecule has 1 heteroatoms. The first-order chi connectivity index (χ1) is 8.10. The molecule has 0 heterocycles. The average molecular weight is 255 g/mol. The Bertz CT molecular complexity index is 206. The van der Waals surface area contributed by atoms with Gasteiger partial charge in [-0.05, 0) is 79.1 Å². The third-order valence-electron chi connectivity index (χ3n) is 5.70. The lowest BCUT2D eigenvalue weighted by Gasteiger charge is -2.44. The van der Waals surface area contributed by atoms with E-state index in [1.54, 1.807) is 25.7 Å². The molecule has 0 amide bonds. The Morgan fingerprint density at radius 2 is 0.941 bits per heavy atom. The summed E-state index contributed by atoms with van der Waals surface area (Å²) in [7, 11) is -0.735. The van der Waals surface area contributed by atoms with Crippen molar-refractivity contribution in [1.82, 2.24) is 0 Å². The van der Waals surface area contributed by atoms with Crippen LogP contribution in [0.5, 0.6) is 0 Å². The summed E-state index contributed by atoms with van der Waals surface area (Å²) in [5.41, 5.74) is 4.25. The van der Waals surface area contributed by atoms with Gasteiger partial charge in [0.15, 0.2) is 0 Å². The summed E-state index contributed by atoms with van der Waals surface area (Å²) < 4.78 is 0. The van der Waals surface area contributed by atoms with E-state index in [0.717, 1.165) is 22.6 Å². The predicted octanol–water partition coefficient (Wildman–Crippen LogP) is 5.71. The minimum atomic E-state index is -0.735. The maximum absolute atomic E-state index is 2.56. The summed E-state index contributed by atoms with van der Waals surface area (Å²) in [5, 5.41) is 0. The molecule has 2 aliphatic carbocycles. The fourth-order valence-corrected chi connectivity index (χ4v) is 13.0. The van der Waals surface area contributed by atoms with Crippen LogP contribution in [-0.4, -0.2) is 22.6 Å². The highest BCUT2D eigenvalue weighted by Gasteiger charge is 2.57. The van der Waals surface area contributed by atoms with E-state index in [2.05, 4.69) is 27.7 Å². The molecule has 0 aliphatic heterocycles. The van der Waals surface area contributed by atoms with Crippen molar-refractivity contribution in [3.8, 4) is 0 Å². The van der Waals surface area contributed by atoms with E-state index in [4.69, 9.17) is 0 Å². The van der Waals surface area contributed by atoms with Gasteiger partial charge in [0, 0.05) is 7.26 Å². The molecule has 2 saturated carbocycles. The van der Waals surface area contributed by atoms with Crippen LogP contribution in [0.25, 0.3) is 0 Å². The van der Waals surface area contributed by atoms with Gasteiger partial charge in [-0.15, -0.1) is 0 Å². The van der Waals surface area contributed by atoms with Gasteiger partial charge in [0.2, 0.25) is 0 Å². The zero-order valence-electron chi connectivity index (χ0n) is 12.4. The van der Waals surface area contributed by atoms with Crippen LogP contribution in [0, 0.1) is 0 Å². The molecule has 2 aliphatic rings. The molecule has 0 aromatic rings. The van der Waals surface area contributed by atoms with Crippen LogP contribution >= 0.6 is 7.26 Å². The maximum atomic E-state index is 2.56. The van der Waals surface area contributed by atoms with Crippen molar-refractivity contribution in [2.24, 2.45) is 0 Å². The zero-order valence-corrected chi connectivity index (χ0v) is 13.3. The van der Waals surface area contributed by atoms with Gasteiger partial charge in [-0.25, -0.2) is 0 Å². The zero-order chi connectivity index (χ0) is 12.5. The predicted molar refractivity (Wildman–Crippen MR) is 81.7 cm³/mol. The molecular formula is C16H32P+. The lowest BCUT2D eigenvalue weighted by Crippen LogP contribution is -2.32. The Kier molecular flexibility index (Phi) is 4.56. The summed E-state index contributed by atoms with van der Waals surface area (Å²) in [5.74, 6) is 0. The monoisotopic (exact) mass is 255 g/mol. The van der Waals surface area contributed by atoms with Gasteiger partial charge in [-0.3, -0.25) is 0 Å². The van der Waals surface area contributed by atoms with Crippen LogP contribution < -0.4 is 0 Å². The van der Waals surface area contributed by atoms with Crippen molar-refractivity contribution in [3.63, 3.8) is 0 Å². The van der Waals surface area contributed by atoms with E-state index >= 15 is 0 Å². The molecule has 0 saturated heterocycles. The highest BCUT2D eigenvalue weighted by Crippen LogP contribution is 2.78. The summed E-state index contributed by atoms with van der Waals surface area (Å²) in [6.45, 7) is 10.2. The quantitative estimate of drug-likeness (QED) is 0.565. The van der Waals surface area contributed by atoms with E-state index in [0.29, 0.717) is 0 Å². The number of hydrogen-bond donors (Lipinski definition) is 0. The Balaban J connectivity index is 2.30. The summed E-state index contributed by atoms with van der Waals surface area (Å²) in [6.07, 6.45) is 12.4. The standard InChI is InChI=1S/C16H32P/c1-13(2)17(14(3)4,15-9-5-6-10-15)16-11-7-8-12-16/h13-16H,5-12H2,1-4H3/q+1. The van der Waals surface area contributed by atoms with E-state index in [1.165, 1.54) is 25.7 Å². The first kappa shape index (κ1) is 13.9. The first-order valence-corrected chi connectivity index (χ1v) is 10.0. The van der Waals surface area contributed by atoms with E-state index in [-0.39, 0.29) is 0 Å². The van der Waals surface area contributed by atoms with Crippen LogP contribution in [0.15, 0.2) is 0 Å². The first-order valence-electron chi connectivity index (χ1n) is 7.98. The van der Waals surface area contributed by atoms with Gasteiger partial charge in [0.25, 0.3) is 0 Å². The smallest absolute Gasteiger partial charge is 0.0494 e. The molecule has 0 spiro atoms. The van der Waals surface area contributed by atoms with Crippen LogP contribution in [-0.2, 0) is 0 Å². The Labute approximate surface area is 109 Å². The SMILES string of the molecule is CC(C)[P+](C(C)C)(C1CCCC1)C1CCCC1.